The van der Waals surface area contributed by atoms with E-state index in [1.807, 2.05) is 31.2 Å². The lowest BCUT2D eigenvalue weighted by Crippen LogP contribution is -2.24. The van der Waals surface area contributed by atoms with Crippen molar-refractivity contribution in [2.45, 2.75) is 19.9 Å². The standard InChI is InChI=1S/C17H16N2O2S/c1-12-9-14(19-21-12)10-17(20)18-11-15-7-8-16(22-15)13-5-3-2-4-6-13/h2-9H,10-11H2,1H3,(H,18,20). The van der Waals surface area contributed by atoms with E-state index in [1.165, 1.54) is 10.4 Å². The number of benzene rings is 1. The van der Waals surface area contributed by atoms with Crippen molar-refractivity contribution in [3.63, 3.8) is 0 Å². The molecule has 5 heteroatoms. The Morgan fingerprint density at radius 1 is 1.23 bits per heavy atom. The Kier molecular flexibility index (Phi) is 4.34. The number of amides is 1. The molecule has 1 amide bonds. The second-order valence-electron chi connectivity index (χ2n) is 5.01. The van der Waals surface area contributed by atoms with Crippen LogP contribution < -0.4 is 5.32 Å². The quantitative estimate of drug-likeness (QED) is 0.783. The molecule has 2 aromatic heterocycles. The average Bonchev–Trinajstić information content (AvgIpc) is 3.15. The van der Waals surface area contributed by atoms with E-state index in [-0.39, 0.29) is 12.3 Å². The van der Waals surface area contributed by atoms with Crippen LogP contribution in [0.4, 0.5) is 0 Å². The van der Waals surface area contributed by atoms with E-state index in [2.05, 4.69) is 28.7 Å². The molecule has 112 valence electrons. The van der Waals surface area contributed by atoms with Crippen LogP contribution in [0.25, 0.3) is 10.4 Å². The first-order chi connectivity index (χ1) is 10.7. The van der Waals surface area contributed by atoms with Gasteiger partial charge in [-0.2, -0.15) is 0 Å². The summed E-state index contributed by atoms with van der Waals surface area (Å²) in [4.78, 5) is 14.2. The second-order valence-corrected chi connectivity index (χ2v) is 6.18. The summed E-state index contributed by atoms with van der Waals surface area (Å²) in [6.07, 6.45) is 0.244. The van der Waals surface area contributed by atoms with Crippen molar-refractivity contribution in [1.82, 2.24) is 10.5 Å². The third-order valence-corrected chi connectivity index (χ3v) is 4.33. The van der Waals surface area contributed by atoms with Crippen molar-refractivity contribution >= 4 is 17.2 Å². The first kappa shape index (κ1) is 14.5. The van der Waals surface area contributed by atoms with Gasteiger partial charge in [-0.25, -0.2) is 0 Å². The Hall–Kier alpha value is -2.40. The van der Waals surface area contributed by atoms with Crippen LogP contribution in [0, 0.1) is 6.92 Å². The Balaban J connectivity index is 1.56. The molecule has 1 N–H and O–H groups in total. The fraction of sp³-hybridized carbons (Fsp3) is 0.176. The highest BCUT2D eigenvalue weighted by molar-refractivity contribution is 7.15. The fourth-order valence-electron chi connectivity index (χ4n) is 2.14. The zero-order valence-corrected chi connectivity index (χ0v) is 13.0. The first-order valence-electron chi connectivity index (χ1n) is 7.04. The Morgan fingerprint density at radius 3 is 2.77 bits per heavy atom. The topological polar surface area (TPSA) is 55.1 Å². The molecule has 0 unspecified atom stereocenters. The summed E-state index contributed by atoms with van der Waals surface area (Å²) in [5, 5.41) is 6.73. The molecular formula is C17H16N2O2S. The summed E-state index contributed by atoms with van der Waals surface area (Å²) in [6.45, 7) is 2.35. The van der Waals surface area contributed by atoms with Crippen molar-refractivity contribution < 1.29 is 9.32 Å². The molecular weight excluding hydrogens is 296 g/mol. The van der Waals surface area contributed by atoms with E-state index in [0.29, 0.717) is 18.0 Å². The molecule has 0 aliphatic rings. The van der Waals surface area contributed by atoms with Gasteiger partial charge < -0.3 is 9.84 Å². The van der Waals surface area contributed by atoms with Crippen LogP contribution in [0.3, 0.4) is 0 Å². The van der Waals surface area contributed by atoms with Crippen LogP contribution in [-0.2, 0) is 17.8 Å². The lowest BCUT2D eigenvalue weighted by Gasteiger charge is -2.01. The van der Waals surface area contributed by atoms with Gasteiger partial charge in [-0.3, -0.25) is 4.79 Å². The summed E-state index contributed by atoms with van der Waals surface area (Å²) in [6, 6.07) is 16.1. The molecule has 3 rings (SSSR count). The molecule has 0 fully saturated rings. The minimum absolute atomic E-state index is 0.0528. The third kappa shape index (κ3) is 3.62. The molecule has 0 saturated carbocycles. The maximum absolute atomic E-state index is 11.9. The highest BCUT2D eigenvalue weighted by atomic mass is 32.1. The van der Waals surface area contributed by atoms with Gasteiger partial charge >= 0.3 is 0 Å². The van der Waals surface area contributed by atoms with Gasteiger partial charge in [-0.05, 0) is 24.6 Å². The summed E-state index contributed by atoms with van der Waals surface area (Å²) in [7, 11) is 0. The van der Waals surface area contributed by atoms with Gasteiger partial charge in [-0.1, -0.05) is 35.5 Å². The maximum atomic E-state index is 11.9. The number of nitrogens with zero attached hydrogens (tertiary/aromatic N) is 1. The largest absolute Gasteiger partial charge is 0.361 e. The maximum Gasteiger partial charge on any atom is 0.226 e. The molecule has 3 aromatic rings. The third-order valence-electron chi connectivity index (χ3n) is 3.20. The van der Waals surface area contributed by atoms with E-state index in [9.17, 15) is 4.79 Å². The Bertz CT molecular complexity index is 762. The van der Waals surface area contributed by atoms with Crippen molar-refractivity contribution in [2.24, 2.45) is 0 Å². The zero-order chi connectivity index (χ0) is 15.4. The van der Waals surface area contributed by atoms with E-state index in [0.717, 1.165) is 4.88 Å². The van der Waals surface area contributed by atoms with Gasteiger partial charge in [0, 0.05) is 15.8 Å². The lowest BCUT2D eigenvalue weighted by molar-refractivity contribution is -0.120. The molecule has 0 aliphatic heterocycles. The van der Waals surface area contributed by atoms with Crippen molar-refractivity contribution in [2.75, 3.05) is 0 Å². The van der Waals surface area contributed by atoms with Crippen LogP contribution in [0.15, 0.2) is 53.1 Å². The predicted molar refractivity (Wildman–Crippen MR) is 86.5 cm³/mol. The minimum atomic E-state index is -0.0528. The Morgan fingerprint density at radius 2 is 2.05 bits per heavy atom. The van der Waals surface area contributed by atoms with E-state index < -0.39 is 0 Å². The highest BCUT2D eigenvalue weighted by Crippen LogP contribution is 2.27. The molecule has 0 spiro atoms. The van der Waals surface area contributed by atoms with Crippen molar-refractivity contribution in [3.8, 4) is 10.4 Å². The molecule has 0 radical (unpaired) electrons. The summed E-state index contributed by atoms with van der Waals surface area (Å²) in [5.74, 6) is 0.663. The summed E-state index contributed by atoms with van der Waals surface area (Å²) in [5.41, 5.74) is 1.86. The van der Waals surface area contributed by atoms with Crippen LogP contribution in [0.1, 0.15) is 16.3 Å². The fourth-order valence-corrected chi connectivity index (χ4v) is 3.10. The number of hydrogen-bond acceptors (Lipinski definition) is 4. The van der Waals surface area contributed by atoms with E-state index in [4.69, 9.17) is 4.52 Å². The van der Waals surface area contributed by atoms with Gasteiger partial charge in [0.1, 0.15) is 5.76 Å². The summed E-state index contributed by atoms with van der Waals surface area (Å²) >= 11 is 1.69. The number of hydrogen-bond donors (Lipinski definition) is 1. The van der Waals surface area contributed by atoms with Crippen LogP contribution in [0.2, 0.25) is 0 Å². The van der Waals surface area contributed by atoms with Crippen molar-refractivity contribution in [1.29, 1.82) is 0 Å². The van der Waals surface area contributed by atoms with Crippen LogP contribution in [0.5, 0.6) is 0 Å². The number of aryl methyl sites for hydroxylation is 1. The monoisotopic (exact) mass is 312 g/mol. The van der Waals surface area contributed by atoms with E-state index in [1.54, 1.807) is 17.4 Å². The summed E-state index contributed by atoms with van der Waals surface area (Å²) < 4.78 is 4.95. The second kappa shape index (κ2) is 6.58. The first-order valence-corrected chi connectivity index (χ1v) is 7.85. The number of nitrogens with one attached hydrogen (secondary N) is 1. The SMILES string of the molecule is Cc1cc(CC(=O)NCc2ccc(-c3ccccc3)s2)no1. The molecule has 1 aromatic carbocycles. The minimum Gasteiger partial charge on any atom is -0.361 e. The zero-order valence-electron chi connectivity index (χ0n) is 12.2. The van der Waals surface area contributed by atoms with Gasteiger partial charge in [0.15, 0.2) is 0 Å². The van der Waals surface area contributed by atoms with Gasteiger partial charge in [0.25, 0.3) is 0 Å². The number of carbonyl (C=O) groups is 1. The number of aromatic nitrogens is 1. The number of thiophene rings is 1. The molecule has 22 heavy (non-hydrogen) atoms. The average molecular weight is 312 g/mol. The molecule has 2 heterocycles. The van der Waals surface area contributed by atoms with Crippen molar-refractivity contribution in [3.05, 3.63) is 64.9 Å². The van der Waals surface area contributed by atoms with E-state index >= 15 is 0 Å². The van der Waals surface area contributed by atoms with Crippen LogP contribution in [-0.4, -0.2) is 11.1 Å². The normalized spacial score (nSPS) is 10.6. The number of rotatable bonds is 5. The predicted octanol–water partition coefficient (Wildman–Crippen LogP) is 3.57. The lowest BCUT2D eigenvalue weighted by atomic mass is 10.2. The highest BCUT2D eigenvalue weighted by Gasteiger charge is 2.08. The Labute approximate surface area is 132 Å². The molecule has 0 bridgehead atoms. The van der Waals surface area contributed by atoms with Gasteiger partial charge in [0.05, 0.1) is 18.7 Å². The smallest absolute Gasteiger partial charge is 0.226 e. The van der Waals surface area contributed by atoms with Crippen LogP contribution >= 0.6 is 11.3 Å². The molecule has 0 atom stereocenters. The molecule has 4 nitrogen and oxygen atoms in total. The van der Waals surface area contributed by atoms with Gasteiger partial charge in [-0.15, -0.1) is 11.3 Å². The number of carbonyl (C=O) groups excluding carboxylic acids is 1. The molecule has 0 aliphatic carbocycles. The van der Waals surface area contributed by atoms with Gasteiger partial charge in [0.2, 0.25) is 5.91 Å². The molecule has 0 saturated heterocycles.